The Hall–Kier alpha value is -3.27. The highest BCUT2D eigenvalue weighted by molar-refractivity contribution is 5.88. The SMILES string of the molecule is O=C(NN=Cc1ccccc1F)C(c1ccccc1)c1ccccc1. The molecular formula is C21H17FN2O. The van der Waals surface area contributed by atoms with Gasteiger partial charge in [-0.15, -0.1) is 0 Å². The number of hydrogen-bond donors (Lipinski definition) is 1. The highest BCUT2D eigenvalue weighted by Gasteiger charge is 2.22. The van der Waals surface area contributed by atoms with Gasteiger partial charge in [-0.05, 0) is 17.2 Å². The first-order chi connectivity index (χ1) is 12.3. The van der Waals surface area contributed by atoms with Crippen LogP contribution < -0.4 is 5.43 Å². The first-order valence-electron chi connectivity index (χ1n) is 7.93. The Labute approximate surface area is 145 Å². The molecule has 0 aliphatic heterocycles. The number of carbonyl (C=O) groups is 1. The third kappa shape index (κ3) is 4.18. The molecule has 0 radical (unpaired) electrons. The van der Waals surface area contributed by atoms with Crippen molar-refractivity contribution in [2.75, 3.05) is 0 Å². The van der Waals surface area contributed by atoms with Crippen LogP contribution in [0.3, 0.4) is 0 Å². The monoisotopic (exact) mass is 332 g/mol. The highest BCUT2D eigenvalue weighted by atomic mass is 19.1. The second-order valence-corrected chi connectivity index (χ2v) is 5.51. The number of benzene rings is 3. The molecule has 1 amide bonds. The number of amides is 1. The average molecular weight is 332 g/mol. The van der Waals surface area contributed by atoms with Crippen LogP contribution in [-0.4, -0.2) is 12.1 Å². The largest absolute Gasteiger partial charge is 0.272 e. The van der Waals surface area contributed by atoms with Crippen LogP contribution in [0, 0.1) is 5.82 Å². The predicted octanol–water partition coefficient (Wildman–Crippen LogP) is 4.11. The molecule has 0 saturated carbocycles. The van der Waals surface area contributed by atoms with Gasteiger partial charge in [0.25, 0.3) is 5.91 Å². The topological polar surface area (TPSA) is 41.5 Å². The van der Waals surface area contributed by atoms with Crippen LogP contribution in [0.4, 0.5) is 4.39 Å². The molecule has 3 aromatic rings. The zero-order valence-electron chi connectivity index (χ0n) is 13.5. The van der Waals surface area contributed by atoms with E-state index in [0.717, 1.165) is 11.1 Å². The molecule has 0 spiro atoms. The standard InChI is InChI=1S/C21H17FN2O/c22-19-14-8-7-13-18(19)15-23-24-21(25)20(16-9-3-1-4-10-16)17-11-5-2-6-12-17/h1-15,20H,(H,24,25). The van der Waals surface area contributed by atoms with Crippen molar-refractivity contribution in [2.45, 2.75) is 5.92 Å². The van der Waals surface area contributed by atoms with Crippen molar-refractivity contribution in [3.05, 3.63) is 107 Å². The van der Waals surface area contributed by atoms with Crippen LogP contribution in [0.15, 0.2) is 90.0 Å². The number of nitrogens with zero attached hydrogens (tertiary/aromatic N) is 1. The van der Waals surface area contributed by atoms with E-state index < -0.39 is 5.92 Å². The molecule has 0 aliphatic carbocycles. The van der Waals surface area contributed by atoms with Crippen molar-refractivity contribution < 1.29 is 9.18 Å². The van der Waals surface area contributed by atoms with E-state index in [1.165, 1.54) is 12.3 Å². The summed E-state index contributed by atoms with van der Waals surface area (Å²) in [6.07, 6.45) is 1.31. The van der Waals surface area contributed by atoms with E-state index in [2.05, 4.69) is 10.5 Å². The third-order valence-electron chi connectivity index (χ3n) is 3.81. The molecule has 0 atom stereocenters. The molecular weight excluding hydrogens is 315 g/mol. The lowest BCUT2D eigenvalue weighted by Crippen LogP contribution is -2.26. The molecule has 0 heterocycles. The van der Waals surface area contributed by atoms with Crippen LogP contribution in [0.2, 0.25) is 0 Å². The fourth-order valence-electron chi connectivity index (χ4n) is 2.60. The van der Waals surface area contributed by atoms with Crippen LogP contribution in [0.5, 0.6) is 0 Å². The van der Waals surface area contributed by atoms with Gasteiger partial charge in [0.2, 0.25) is 0 Å². The van der Waals surface area contributed by atoms with Gasteiger partial charge in [0, 0.05) is 5.56 Å². The number of hydrazone groups is 1. The molecule has 1 N–H and O–H groups in total. The van der Waals surface area contributed by atoms with E-state index >= 15 is 0 Å². The lowest BCUT2D eigenvalue weighted by molar-refractivity contribution is -0.121. The molecule has 25 heavy (non-hydrogen) atoms. The van der Waals surface area contributed by atoms with E-state index in [9.17, 15) is 9.18 Å². The summed E-state index contributed by atoms with van der Waals surface area (Å²) in [4.78, 5) is 12.7. The van der Waals surface area contributed by atoms with Gasteiger partial charge < -0.3 is 0 Å². The molecule has 0 aromatic heterocycles. The van der Waals surface area contributed by atoms with E-state index in [0.29, 0.717) is 5.56 Å². The lowest BCUT2D eigenvalue weighted by Gasteiger charge is -2.16. The molecule has 0 saturated heterocycles. The molecule has 4 heteroatoms. The minimum Gasteiger partial charge on any atom is -0.272 e. The van der Waals surface area contributed by atoms with Crippen LogP contribution in [0.25, 0.3) is 0 Å². The van der Waals surface area contributed by atoms with Gasteiger partial charge in [-0.25, -0.2) is 9.82 Å². The van der Waals surface area contributed by atoms with E-state index in [-0.39, 0.29) is 11.7 Å². The summed E-state index contributed by atoms with van der Waals surface area (Å²) in [6.45, 7) is 0. The molecule has 0 unspecified atom stereocenters. The van der Waals surface area contributed by atoms with Crippen molar-refractivity contribution in [3.8, 4) is 0 Å². The molecule has 0 bridgehead atoms. The maximum Gasteiger partial charge on any atom is 0.252 e. The van der Waals surface area contributed by atoms with E-state index in [1.54, 1.807) is 18.2 Å². The zero-order chi connectivity index (χ0) is 17.5. The minimum absolute atomic E-state index is 0.273. The third-order valence-corrected chi connectivity index (χ3v) is 3.81. The summed E-state index contributed by atoms with van der Waals surface area (Å²) < 4.78 is 13.6. The van der Waals surface area contributed by atoms with Crippen molar-refractivity contribution in [3.63, 3.8) is 0 Å². The minimum atomic E-state index is -0.486. The number of hydrogen-bond acceptors (Lipinski definition) is 2. The van der Waals surface area contributed by atoms with E-state index in [1.807, 2.05) is 60.7 Å². The van der Waals surface area contributed by atoms with Gasteiger partial charge in [-0.3, -0.25) is 4.79 Å². The Kier molecular flexibility index (Phi) is 5.32. The summed E-state index contributed by atoms with van der Waals surface area (Å²) in [5, 5.41) is 3.91. The molecule has 124 valence electrons. The number of halogens is 1. The van der Waals surface area contributed by atoms with Gasteiger partial charge >= 0.3 is 0 Å². The van der Waals surface area contributed by atoms with Gasteiger partial charge in [-0.1, -0.05) is 78.9 Å². The molecule has 3 rings (SSSR count). The summed E-state index contributed by atoms with van der Waals surface area (Å²) in [7, 11) is 0. The Balaban J connectivity index is 1.82. The fourth-order valence-corrected chi connectivity index (χ4v) is 2.60. The Morgan fingerprint density at radius 2 is 1.36 bits per heavy atom. The summed E-state index contributed by atoms with van der Waals surface area (Å²) in [5.41, 5.74) is 4.57. The fraction of sp³-hybridized carbons (Fsp3) is 0.0476. The molecule has 3 aromatic carbocycles. The molecule has 0 fully saturated rings. The van der Waals surface area contributed by atoms with Crippen molar-refractivity contribution in [2.24, 2.45) is 5.10 Å². The predicted molar refractivity (Wildman–Crippen MR) is 96.9 cm³/mol. The maximum atomic E-state index is 13.6. The lowest BCUT2D eigenvalue weighted by atomic mass is 9.91. The van der Waals surface area contributed by atoms with Gasteiger partial charge in [0.15, 0.2) is 0 Å². The maximum absolute atomic E-state index is 13.6. The summed E-state index contributed by atoms with van der Waals surface area (Å²) in [5.74, 6) is -1.15. The van der Waals surface area contributed by atoms with E-state index in [4.69, 9.17) is 0 Å². The second kappa shape index (κ2) is 8.02. The van der Waals surface area contributed by atoms with Crippen LogP contribution in [0.1, 0.15) is 22.6 Å². The quantitative estimate of drug-likeness (QED) is 0.554. The van der Waals surface area contributed by atoms with Gasteiger partial charge in [-0.2, -0.15) is 5.10 Å². The van der Waals surface area contributed by atoms with Crippen LogP contribution in [-0.2, 0) is 4.79 Å². The Morgan fingerprint density at radius 3 is 1.92 bits per heavy atom. The average Bonchev–Trinajstić information content (AvgIpc) is 2.65. The molecule has 3 nitrogen and oxygen atoms in total. The number of carbonyl (C=O) groups excluding carboxylic acids is 1. The Morgan fingerprint density at radius 1 is 0.840 bits per heavy atom. The highest BCUT2D eigenvalue weighted by Crippen LogP contribution is 2.24. The summed E-state index contributed by atoms with van der Waals surface area (Å²) >= 11 is 0. The number of rotatable bonds is 5. The zero-order valence-corrected chi connectivity index (χ0v) is 13.5. The second-order valence-electron chi connectivity index (χ2n) is 5.51. The first kappa shape index (κ1) is 16.6. The normalized spacial score (nSPS) is 11.0. The van der Waals surface area contributed by atoms with Gasteiger partial charge in [0.05, 0.1) is 12.1 Å². The van der Waals surface area contributed by atoms with Crippen molar-refractivity contribution >= 4 is 12.1 Å². The smallest absolute Gasteiger partial charge is 0.252 e. The summed E-state index contributed by atoms with van der Waals surface area (Å²) in [6, 6.07) is 25.2. The molecule has 0 aliphatic rings. The first-order valence-corrected chi connectivity index (χ1v) is 7.93. The number of nitrogens with one attached hydrogen (secondary N) is 1. The van der Waals surface area contributed by atoms with Crippen molar-refractivity contribution in [1.82, 2.24) is 5.43 Å². The Bertz CT molecular complexity index is 824. The van der Waals surface area contributed by atoms with Gasteiger partial charge in [0.1, 0.15) is 5.82 Å². The van der Waals surface area contributed by atoms with Crippen LogP contribution >= 0.6 is 0 Å². The van der Waals surface area contributed by atoms with Crippen molar-refractivity contribution in [1.29, 1.82) is 0 Å².